The van der Waals surface area contributed by atoms with Gasteiger partial charge in [0.05, 0.1) is 17.2 Å². The van der Waals surface area contributed by atoms with Crippen molar-refractivity contribution < 1.29 is 9.59 Å². The van der Waals surface area contributed by atoms with Gasteiger partial charge in [0.15, 0.2) is 0 Å². The fraction of sp³-hybridized carbons (Fsp3) is 0.333. The van der Waals surface area contributed by atoms with Gasteiger partial charge < -0.3 is 0 Å². The molecule has 17 heavy (non-hydrogen) atoms. The van der Waals surface area contributed by atoms with Crippen LogP contribution in [0, 0.1) is 13.8 Å². The molecule has 0 radical (unpaired) electrons. The highest BCUT2D eigenvalue weighted by Gasteiger charge is 2.28. The van der Waals surface area contributed by atoms with Gasteiger partial charge in [0, 0.05) is 4.47 Å². The van der Waals surface area contributed by atoms with E-state index in [1.54, 1.807) is 0 Å². The predicted octanol–water partition coefficient (Wildman–Crippen LogP) is 2.67. The molecule has 0 aromatic heterocycles. The summed E-state index contributed by atoms with van der Waals surface area (Å²) in [4.78, 5) is 24.9. The highest BCUT2D eigenvalue weighted by Crippen LogP contribution is 2.29. The third-order valence-electron chi connectivity index (χ3n) is 2.63. The molecule has 1 heterocycles. The number of halogens is 1. The van der Waals surface area contributed by atoms with Crippen molar-refractivity contribution in [3.63, 3.8) is 0 Å². The first-order chi connectivity index (χ1) is 8.00. The van der Waals surface area contributed by atoms with Crippen LogP contribution in [0.15, 0.2) is 16.6 Å². The zero-order valence-electron chi connectivity index (χ0n) is 9.62. The minimum atomic E-state index is -0.132. The zero-order valence-corrected chi connectivity index (χ0v) is 12.0. The molecule has 0 N–H and O–H groups in total. The Bertz CT molecular complexity index is 462. The topological polar surface area (TPSA) is 37.4 Å². The van der Waals surface area contributed by atoms with Crippen LogP contribution in [-0.2, 0) is 9.59 Å². The average Bonchev–Trinajstić information content (AvgIpc) is 2.25. The average molecular weight is 314 g/mol. The molecular weight excluding hydrogens is 302 g/mol. The van der Waals surface area contributed by atoms with Gasteiger partial charge in [-0.3, -0.25) is 9.59 Å². The highest BCUT2D eigenvalue weighted by molar-refractivity contribution is 9.10. The fourth-order valence-electron chi connectivity index (χ4n) is 1.83. The number of rotatable bonds is 1. The summed E-state index contributed by atoms with van der Waals surface area (Å²) in [7, 11) is 0. The van der Waals surface area contributed by atoms with Gasteiger partial charge in [-0.15, -0.1) is 11.8 Å². The minimum Gasteiger partial charge on any atom is -0.273 e. The van der Waals surface area contributed by atoms with Crippen molar-refractivity contribution in [1.29, 1.82) is 0 Å². The van der Waals surface area contributed by atoms with Crippen LogP contribution in [0.25, 0.3) is 0 Å². The van der Waals surface area contributed by atoms with Crippen LogP contribution in [0.1, 0.15) is 11.1 Å². The van der Waals surface area contributed by atoms with E-state index in [0.29, 0.717) is 17.2 Å². The van der Waals surface area contributed by atoms with Gasteiger partial charge in [-0.05, 0) is 37.1 Å². The number of thioether (sulfide) groups is 1. The molecule has 0 bridgehead atoms. The van der Waals surface area contributed by atoms with Crippen LogP contribution in [-0.4, -0.2) is 23.3 Å². The molecule has 1 aromatic rings. The molecule has 0 unspecified atom stereocenters. The standard InChI is InChI=1S/C12H12BrNO2S/c1-7-3-9(4-8(2)12(7)13)14-10(15)5-17-6-11(14)16/h3-4H,5-6H2,1-2H3. The van der Waals surface area contributed by atoms with Gasteiger partial charge >= 0.3 is 0 Å². The van der Waals surface area contributed by atoms with E-state index in [1.807, 2.05) is 26.0 Å². The number of hydrogen-bond donors (Lipinski definition) is 0. The Morgan fingerprint density at radius 1 is 1.12 bits per heavy atom. The van der Waals surface area contributed by atoms with Crippen molar-refractivity contribution in [2.24, 2.45) is 0 Å². The molecule has 5 heteroatoms. The molecule has 3 nitrogen and oxygen atoms in total. The number of carbonyl (C=O) groups excluding carboxylic acids is 2. The normalized spacial score (nSPS) is 16.5. The largest absolute Gasteiger partial charge is 0.273 e. The molecule has 90 valence electrons. The number of benzene rings is 1. The lowest BCUT2D eigenvalue weighted by molar-refractivity contribution is -0.124. The molecular formula is C12H12BrNO2S. The summed E-state index contributed by atoms with van der Waals surface area (Å²) in [5.41, 5.74) is 2.73. The molecule has 0 spiro atoms. The van der Waals surface area contributed by atoms with Crippen molar-refractivity contribution in [3.05, 3.63) is 27.7 Å². The zero-order chi connectivity index (χ0) is 12.6. The summed E-state index contributed by atoms with van der Waals surface area (Å²) in [5.74, 6) is 0.486. The number of aryl methyl sites for hydroxylation is 2. The van der Waals surface area contributed by atoms with Crippen LogP contribution in [0.3, 0.4) is 0 Å². The van der Waals surface area contributed by atoms with E-state index in [2.05, 4.69) is 15.9 Å². The minimum absolute atomic E-state index is 0.132. The Hall–Kier alpha value is -0.810. The van der Waals surface area contributed by atoms with E-state index in [-0.39, 0.29) is 11.8 Å². The monoisotopic (exact) mass is 313 g/mol. The second-order valence-corrected chi connectivity index (χ2v) is 5.79. The highest BCUT2D eigenvalue weighted by atomic mass is 79.9. The van der Waals surface area contributed by atoms with Crippen LogP contribution < -0.4 is 4.90 Å². The SMILES string of the molecule is Cc1cc(N2C(=O)CSCC2=O)cc(C)c1Br. The first kappa shape index (κ1) is 12.6. The lowest BCUT2D eigenvalue weighted by Crippen LogP contribution is -2.43. The number of amides is 2. The molecule has 1 aliphatic heterocycles. The Morgan fingerprint density at radius 3 is 2.06 bits per heavy atom. The molecule has 2 amide bonds. The molecule has 1 fully saturated rings. The first-order valence-electron chi connectivity index (χ1n) is 5.21. The lowest BCUT2D eigenvalue weighted by atomic mass is 10.1. The quantitative estimate of drug-likeness (QED) is 0.748. The summed E-state index contributed by atoms with van der Waals surface area (Å²) >= 11 is 4.85. The number of hydrogen-bond acceptors (Lipinski definition) is 3. The van der Waals surface area contributed by atoms with Crippen molar-refractivity contribution in [2.45, 2.75) is 13.8 Å². The Balaban J connectivity index is 2.45. The second-order valence-electron chi connectivity index (χ2n) is 4.01. The van der Waals surface area contributed by atoms with Gasteiger partial charge in [0.25, 0.3) is 0 Å². The van der Waals surface area contributed by atoms with E-state index in [1.165, 1.54) is 16.7 Å². The Kier molecular flexibility index (Phi) is 3.58. The van der Waals surface area contributed by atoms with Crippen molar-refractivity contribution in [2.75, 3.05) is 16.4 Å². The Morgan fingerprint density at radius 2 is 1.59 bits per heavy atom. The number of anilines is 1. The van der Waals surface area contributed by atoms with E-state index in [0.717, 1.165) is 15.6 Å². The second kappa shape index (κ2) is 4.82. The van der Waals surface area contributed by atoms with Gasteiger partial charge in [-0.1, -0.05) is 15.9 Å². The van der Waals surface area contributed by atoms with Gasteiger partial charge in [0.1, 0.15) is 0 Å². The summed E-state index contributed by atoms with van der Waals surface area (Å²) in [5, 5.41) is 0. The van der Waals surface area contributed by atoms with E-state index >= 15 is 0 Å². The summed E-state index contributed by atoms with van der Waals surface area (Å²) in [6.07, 6.45) is 0. The smallest absolute Gasteiger partial charge is 0.243 e. The van der Waals surface area contributed by atoms with Gasteiger partial charge in [0.2, 0.25) is 11.8 Å². The third-order valence-corrected chi connectivity index (χ3v) is 4.78. The van der Waals surface area contributed by atoms with Crippen LogP contribution in [0.5, 0.6) is 0 Å². The fourth-order valence-corrected chi connectivity index (χ4v) is 2.77. The maximum Gasteiger partial charge on any atom is 0.243 e. The number of carbonyl (C=O) groups is 2. The van der Waals surface area contributed by atoms with Crippen LogP contribution in [0.2, 0.25) is 0 Å². The molecule has 0 aliphatic carbocycles. The number of imide groups is 1. The van der Waals surface area contributed by atoms with Crippen molar-refractivity contribution in [3.8, 4) is 0 Å². The number of nitrogens with zero attached hydrogens (tertiary/aromatic N) is 1. The van der Waals surface area contributed by atoms with Crippen molar-refractivity contribution in [1.82, 2.24) is 0 Å². The molecule has 1 aromatic carbocycles. The Labute approximate surface area is 113 Å². The van der Waals surface area contributed by atoms with Crippen LogP contribution >= 0.6 is 27.7 Å². The van der Waals surface area contributed by atoms with E-state index in [9.17, 15) is 9.59 Å². The summed E-state index contributed by atoms with van der Waals surface area (Å²) in [6, 6.07) is 3.73. The van der Waals surface area contributed by atoms with E-state index < -0.39 is 0 Å². The first-order valence-corrected chi connectivity index (χ1v) is 7.15. The molecule has 1 aliphatic rings. The van der Waals surface area contributed by atoms with E-state index in [4.69, 9.17) is 0 Å². The van der Waals surface area contributed by atoms with Gasteiger partial charge in [-0.2, -0.15) is 0 Å². The predicted molar refractivity (Wildman–Crippen MR) is 73.4 cm³/mol. The lowest BCUT2D eigenvalue weighted by Gasteiger charge is -2.25. The molecule has 0 saturated carbocycles. The summed E-state index contributed by atoms with van der Waals surface area (Å²) < 4.78 is 1.02. The molecule has 2 rings (SSSR count). The maximum atomic E-state index is 11.8. The maximum absolute atomic E-state index is 11.8. The van der Waals surface area contributed by atoms with Crippen molar-refractivity contribution >= 4 is 45.2 Å². The third kappa shape index (κ3) is 2.40. The molecule has 1 saturated heterocycles. The summed E-state index contributed by atoms with van der Waals surface area (Å²) in [6.45, 7) is 3.91. The van der Waals surface area contributed by atoms with Gasteiger partial charge in [-0.25, -0.2) is 4.90 Å². The molecule has 0 atom stereocenters. The van der Waals surface area contributed by atoms with Crippen LogP contribution in [0.4, 0.5) is 5.69 Å².